The smallest absolute Gasteiger partial charge is 0.224 e. The first-order valence-corrected chi connectivity index (χ1v) is 10.5. The minimum atomic E-state index is -0.278. The highest BCUT2D eigenvalue weighted by molar-refractivity contribution is 5.79. The Morgan fingerprint density at radius 2 is 2.00 bits per heavy atom. The minimum Gasteiger partial charge on any atom is -0.497 e. The van der Waals surface area contributed by atoms with Crippen molar-refractivity contribution >= 4 is 11.8 Å². The van der Waals surface area contributed by atoms with E-state index in [1.54, 1.807) is 7.11 Å². The van der Waals surface area contributed by atoms with Crippen molar-refractivity contribution in [1.29, 1.82) is 0 Å². The second-order valence-electron chi connectivity index (χ2n) is 8.08. The van der Waals surface area contributed by atoms with Gasteiger partial charge in [-0.2, -0.15) is 0 Å². The van der Waals surface area contributed by atoms with Gasteiger partial charge in [0.15, 0.2) is 0 Å². The standard InChI is InChI=1S/C22H30N2O4/c1-27-18-5-6-19-17(16-18)8-15-28-22(19)9-13-24(14-10-22)21(26)7-12-23-11-3-2-4-20(23)25/h5-6,16H,2-4,7-15H2,1H3. The number of fused-ring (bicyclic) bond motifs is 2. The third-order valence-corrected chi connectivity index (χ3v) is 6.49. The van der Waals surface area contributed by atoms with Gasteiger partial charge in [0.1, 0.15) is 5.75 Å². The van der Waals surface area contributed by atoms with E-state index in [0.29, 0.717) is 39.1 Å². The summed E-state index contributed by atoms with van der Waals surface area (Å²) in [6.45, 7) is 3.48. The number of hydrogen-bond acceptors (Lipinski definition) is 4. The fraction of sp³-hybridized carbons (Fsp3) is 0.636. The lowest BCUT2D eigenvalue weighted by Gasteiger charge is -2.45. The van der Waals surface area contributed by atoms with Gasteiger partial charge in [-0.1, -0.05) is 6.07 Å². The molecule has 2 amide bonds. The average molecular weight is 386 g/mol. The Bertz CT molecular complexity index is 740. The first kappa shape index (κ1) is 19.2. The summed E-state index contributed by atoms with van der Waals surface area (Å²) in [5.41, 5.74) is 2.28. The summed E-state index contributed by atoms with van der Waals surface area (Å²) in [6.07, 6.45) is 5.62. The second kappa shape index (κ2) is 8.11. The summed E-state index contributed by atoms with van der Waals surface area (Å²) in [4.78, 5) is 28.4. The number of ether oxygens (including phenoxy) is 2. The van der Waals surface area contributed by atoms with E-state index < -0.39 is 0 Å². The molecule has 3 aliphatic heterocycles. The van der Waals surface area contributed by atoms with Gasteiger partial charge in [-0.3, -0.25) is 9.59 Å². The molecule has 6 nitrogen and oxygen atoms in total. The summed E-state index contributed by atoms with van der Waals surface area (Å²) in [5, 5.41) is 0. The summed E-state index contributed by atoms with van der Waals surface area (Å²) in [5.74, 6) is 1.23. The van der Waals surface area contributed by atoms with E-state index in [1.165, 1.54) is 11.1 Å². The molecule has 0 atom stereocenters. The summed E-state index contributed by atoms with van der Waals surface area (Å²) < 4.78 is 11.6. The number of carbonyl (C=O) groups is 2. The zero-order chi connectivity index (χ0) is 19.6. The van der Waals surface area contributed by atoms with Crippen LogP contribution in [0.15, 0.2) is 18.2 Å². The first-order valence-electron chi connectivity index (χ1n) is 10.5. The number of benzene rings is 1. The number of carbonyl (C=O) groups excluding carboxylic acids is 2. The monoisotopic (exact) mass is 386 g/mol. The highest BCUT2D eigenvalue weighted by Crippen LogP contribution is 2.42. The van der Waals surface area contributed by atoms with E-state index in [4.69, 9.17) is 9.47 Å². The molecule has 0 radical (unpaired) electrons. The maximum atomic E-state index is 12.7. The topological polar surface area (TPSA) is 59.1 Å². The Kier molecular flexibility index (Phi) is 5.58. The van der Waals surface area contributed by atoms with Crippen molar-refractivity contribution in [3.8, 4) is 5.75 Å². The lowest BCUT2D eigenvalue weighted by atomic mass is 9.79. The number of likely N-dealkylation sites (tertiary alicyclic amines) is 2. The molecular formula is C22H30N2O4. The van der Waals surface area contributed by atoms with Crippen LogP contribution >= 0.6 is 0 Å². The highest BCUT2D eigenvalue weighted by Gasteiger charge is 2.41. The van der Waals surface area contributed by atoms with E-state index in [0.717, 1.165) is 44.4 Å². The number of methoxy groups -OCH3 is 1. The van der Waals surface area contributed by atoms with Gasteiger partial charge >= 0.3 is 0 Å². The van der Waals surface area contributed by atoms with Crippen LogP contribution in [-0.2, 0) is 26.3 Å². The molecule has 152 valence electrons. The summed E-state index contributed by atoms with van der Waals surface area (Å²) in [7, 11) is 1.69. The Hall–Kier alpha value is -2.08. The van der Waals surface area contributed by atoms with Crippen molar-refractivity contribution in [3.63, 3.8) is 0 Å². The fourth-order valence-corrected chi connectivity index (χ4v) is 4.80. The number of amides is 2. The molecule has 6 heteroatoms. The Morgan fingerprint density at radius 3 is 2.75 bits per heavy atom. The van der Waals surface area contributed by atoms with Crippen LogP contribution in [0.3, 0.4) is 0 Å². The zero-order valence-corrected chi connectivity index (χ0v) is 16.7. The molecule has 3 aliphatic rings. The van der Waals surface area contributed by atoms with Crippen molar-refractivity contribution in [2.75, 3.05) is 39.9 Å². The van der Waals surface area contributed by atoms with Gasteiger partial charge in [0.25, 0.3) is 0 Å². The van der Waals surface area contributed by atoms with Crippen molar-refractivity contribution in [2.45, 2.75) is 50.5 Å². The van der Waals surface area contributed by atoms with E-state index in [1.807, 2.05) is 15.9 Å². The van der Waals surface area contributed by atoms with Crippen LogP contribution in [-0.4, -0.2) is 61.5 Å². The zero-order valence-electron chi connectivity index (χ0n) is 16.7. The van der Waals surface area contributed by atoms with Gasteiger partial charge in [0.05, 0.1) is 19.3 Å². The maximum Gasteiger partial charge on any atom is 0.224 e. The van der Waals surface area contributed by atoms with Crippen LogP contribution in [0.2, 0.25) is 0 Å². The molecule has 0 aromatic heterocycles. The number of nitrogens with zero attached hydrogens (tertiary/aromatic N) is 2. The molecule has 4 rings (SSSR count). The molecule has 0 unspecified atom stereocenters. The van der Waals surface area contributed by atoms with Crippen molar-refractivity contribution in [1.82, 2.24) is 9.80 Å². The third kappa shape index (κ3) is 3.75. The Morgan fingerprint density at radius 1 is 1.18 bits per heavy atom. The van der Waals surface area contributed by atoms with Crippen LogP contribution in [0.5, 0.6) is 5.75 Å². The van der Waals surface area contributed by atoms with Gasteiger partial charge < -0.3 is 19.3 Å². The predicted octanol–water partition coefficient (Wildman–Crippen LogP) is 2.49. The predicted molar refractivity (Wildman–Crippen MR) is 105 cm³/mol. The van der Waals surface area contributed by atoms with Gasteiger partial charge in [0, 0.05) is 39.0 Å². The first-order chi connectivity index (χ1) is 13.6. The molecule has 0 N–H and O–H groups in total. The molecule has 2 fully saturated rings. The van der Waals surface area contributed by atoms with Gasteiger partial charge in [0.2, 0.25) is 11.8 Å². The van der Waals surface area contributed by atoms with Gasteiger partial charge in [-0.05, 0) is 55.4 Å². The molecule has 0 saturated carbocycles. The Labute approximate surface area is 166 Å². The third-order valence-electron chi connectivity index (χ3n) is 6.49. The molecule has 28 heavy (non-hydrogen) atoms. The molecule has 0 bridgehead atoms. The lowest BCUT2D eigenvalue weighted by molar-refractivity contribution is -0.142. The SMILES string of the molecule is COc1ccc2c(c1)CCOC21CCN(C(=O)CCN2CCCCC2=O)CC1. The number of piperidine rings is 2. The number of rotatable bonds is 4. The van der Waals surface area contributed by atoms with Crippen LogP contribution in [0.1, 0.15) is 49.7 Å². The van der Waals surface area contributed by atoms with Crippen molar-refractivity contribution in [2.24, 2.45) is 0 Å². The molecule has 1 aromatic carbocycles. The minimum absolute atomic E-state index is 0.152. The van der Waals surface area contributed by atoms with Crippen LogP contribution in [0.4, 0.5) is 0 Å². The van der Waals surface area contributed by atoms with Gasteiger partial charge in [-0.15, -0.1) is 0 Å². The quantitative estimate of drug-likeness (QED) is 0.798. The number of hydrogen-bond donors (Lipinski definition) is 0. The van der Waals surface area contributed by atoms with E-state index in [2.05, 4.69) is 12.1 Å². The molecule has 3 heterocycles. The summed E-state index contributed by atoms with van der Waals surface area (Å²) >= 11 is 0. The normalized spacial score (nSPS) is 21.5. The average Bonchev–Trinajstić information content (AvgIpc) is 2.73. The van der Waals surface area contributed by atoms with Crippen LogP contribution < -0.4 is 4.74 Å². The molecule has 0 aliphatic carbocycles. The summed E-state index contributed by atoms with van der Waals surface area (Å²) in [6, 6.07) is 6.25. The largest absolute Gasteiger partial charge is 0.497 e. The van der Waals surface area contributed by atoms with Crippen molar-refractivity contribution < 1.29 is 19.1 Å². The maximum absolute atomic E-state index is 12.7. The van der Waals surface area contributed by atoms with Crippen LogP contribution in [0, 0.1) is 0 Å². The van der Waals surface area contributed by atoms with Gasteiger partial charge in [-0.25, -0.2) is 0 Å². The second-order valence-corrected chi connectivity index (χ2v) is 8.08. The molecular weight excluding hydrogens is 356 g/mol. The fourth-order valence-electron chi connectivity index (χ4n) is 4.80. The van der Waals surface area contributed by atoms with E-state index >= 15 is 0 Å². The highest BCUT2D eigenvalue weighted by atomic mass is 16.5. The van der Waals surface area contributed by atoms with E-state index in [9.17, 15) is 9.59 Å². The molecule has 1 aromatic rings. The van der Waals surface area contributed by atoms with Crippen molar-refractivity contribution in [3.05, 3.63) is 29.3 Å². The van der Waals surface area contributed by atoms with E-state index in [-0.39, 0.29) is 17.4 Å². The van der Waals surface area contributed by atoms with Crippen LogP contribution in [0.25, 0.3) is 0 Å². The lowest BCUT2D eigenvalue weighted by Crippen LogP contribution is -2.49. The molecule has 2 saturated heterocycles. The molecule has 1 spiro atoms. The Balaban J connectivity index is 1.36.